The van der Waals surface area contributed by atoms with Gasteiger partial charge in [-0.3, -0.25) is 9.59 Å². The summed E-state index contributed by atoms with van der Waals surface area (Å²) in [5.74, 6) is 0.793. The molecular formula is C20H18N4O3. The number of nitrogens with one attached hydrogen (secondary N) is 2. The maximum atomic E-state index is 12.3. The molecule has 0 aliphatic carbocycles. The molecule has 0 saturated heterocycles. The van der Waals surface area contributed by atoms with E-state index in [0.717, 1.165) is 11.4 Å². The summed E-state index contributed by atoms with van der Waals surface area (Å²) < 4.78 is 5.11. The number of ether oxygens (including phenoxy) is 1. The minimum Gasteiger partial charge on any atom is -0.497 e. The largest absolute Gasteiger partial charge is 0.497 e. The Kier molecular flexibility index (Phi) is 5.41. The van der Waals surface area contributed by atoms with Gasteiger partial charge in [-0.25, -0.2) is 9.97 Å². The average Bonchev–Trinajstić information content (AvgIpc) is 2.69. The van der Waals surface area contributed by atoms with Gasteiger partial charge in [-0.1, -0.05) is 12.1 Å². The maximum absolute atomic E-state index is 12.3. The van der Waals surface area contributed by atoms with E-state index < -0.39 is 5.91 Å². The molecule has 27 heavy (non-hydrogen) atoms. The molecule has 0 aliphatic heterocycles. The molecule has 7 heteroatoms. The minimum atomic E-state index is -0.404. The van der Waals surface area contributed by atoms with Crippen molar-refractivity contribution in [2.75, 3.05) is 17.7 Å². The molecule has 2 aromatic carbocycles. The van der Waals surface area contributed by atoms with Crippen LogP contribution >= 0.6 is 0 Å². The average molecular weight is 362 g/mol. The molecule has 3 rings (SSSR count). The summed E-state index contributed by atoms with van der Waals surface area (Å²) in [6.07, 6.45) is 2.86. The number of methoxy groups -OCH3 is 1. The molecule has 1 heterocycles. The Morgan fingerprint density at radius 2 is 1.74 bits per heavy atom. The Bertz CT molecular complexity index is 954. The van der Waals surface area contributed by atoms with Crippen LogP contribution in [0.25, 0.3) is 0 Å². The van der Waals surface area contributed by atoms with Crippen molar-refractivity contribution >= 4 is 28.9 Å². The first-order chi connectivity index (χ1) is 13.0. The van der Waals surface area contributed by atoms with Gasteiger partial charge in [-0.2, -0.15) is 0 Å². The van der Waals surface area contributed by atoms with Crippen molar-refractivity contribution in [3.05, 3.63) is 72.2 Å². The summed E-state index contributed by atoms with van der Waals surface area (Å²) in [6, 6.07) is 14.1. The third-order valence-corrected chi connectivity index (χ3v) is 3.77. The van der Waals surface area contributed by atoms with Crippen LogP contribution in [0.4, 0.5) is 17.2 Å². The Morgan fingerprint density at radius 3 is 2.37 bits per heavy atom. The number of benzene rings is 2. The van der Waals surface area contributed by atoms with Crippen LogP contribution in [0.2, 0.25) is 0 Å². The standard InChI is InChI=1S/C20H18N4O3/c1-13(25)14-4-3-5-16(10-14)24-20(26)18-11-22-19(12-21-18)23-15-6-8-17(27-2)9-7-15/h3-12H,1-2H3,(H,22,23)(H,24,26). The van der Waals surface area contributed by atoms with E-state index in [-0.39, 0.29) is 11.5 Å². The molecule has 0 saturated carbocycles. The number of ketones is 1. The second kappa shape index (κ2) is 8.09. The molecule has 7 nitrogen and oxygen atoms in total. The minimum absolute atomic E-state index is 0.0696. The fraction of sp³-hybridized carbons (Fsp3) is 0.100. The lowest BCUT2D eigenvalue weighted by molar-refractivity contribution is 0.100. The molecule has 0 bridgehead atoms. The highest BCUT2D eigenvalue weighted by molar-refractivity contribution is 6.03. The van der Waals surface area contributed by atoms with E-state index in [9.17, 15) is 9.59 Å². The third-order valence-electron chi connectivity index (χ3n) is 3.77. The number of carbonyl (C=O) groups is 2. The van der Waals surface area contributed by atoms with Gasteiger partial charge in [-0.05, 0) is 43.3 Å². The van der Waals surface area contributed by atoms with Crippen LogP contribution in [0.3, 0.4) is 0 Å². The van der Waals surface area contributed by atoms with Crippen LogP contribution in [0.5, 0.6) is 5.75 Å². The smallest absolute Gasteiger partial charge is 0.275 e. The van der Waals surface area contributed by atoms with Crippen LogP contribution in [0.15, 0.2) is 60.9 Å². The molecule has 1 amide bonds. The van der Waals surface area contributed by atoms with Crippen molar-refractivity contribution in [2.45, 2.75) is 6.92 Å². The monoisotopic (exact) mass is 362 g/mol. The van der Waals surface area contributed by atoms with E-state index in [1.54, 1.807) is 31.4 Å². The SMILES string of the molecule is COc1ccc(Nc2cnc(C(=O)Nc3cccc(C(C)=O)c3)cn2)cc1. The van der Waals surface area contributed by atoms with Gasteiger partial charge in [0.2, 0.25) is 0 Å². The molecule has 0 aliphatic rings. The fourth-order valence-electron chi connectivity index (χ4n) is 2.34. The number of amides is 1. The molecule has 0 spiro atoms. The molecule has 0 fully saturated rings. The van der Waals surface area contributed by atoms with Gasteiger partial charge in [-0.15, -0.1) is 0 Å². The normalized spacial score (nSPS) is 10.1. The topological polar surface area (TPSA) is 93.2 Å². The van der Waals surface area contributed by atoms with Crippen LogP contribution in [0.1, 0.15) is 27.8 Å². The van der Waals surface area contributed by atoms with Crippen molar-refractivity contribution in [1.29, 1.82) is 0 Å². The number of hydrogen-bond donors (Lipinski definition) is 2. The zero-order chi connectivity index (χ0) is 19.2. The molecule has 136 valence electrons. The first kappa shape index (κ1) is 18.1. The van der Waals surface area contributed by atoms with Gasteiger partial charge in [0.1, 0.15) is 17.3 Å². The lowest BCUT2D eigenvalue weighted by atomic mass is 10.1. The van der Waals surface area contributed by atoms with E-state index in [2.05, 4.69) is 20.6 Å². The molecule has 0 atom stereocenters. The number of carbonyl (C=O) groups excluding carboxylic acids is 2. The Balaban J connectivity index is 1.66. The molecule has 3 aromatic rings. The summed E-state index contributed by atoms with van der Waals surface area (Å²) in [6.45, 7) is 1.47. The van der Waals surface area contributed by atoms with Gasteiger partial charge >= 0.3 is 0 Å². The van der Waals surface area contributed by atoms with Gasteiger partial charge < -0.3 is 15.4 Å². The van der Waals surface area contributed by atoms with Crippen LogP contribution in [-0.4, -0.2) is 28.8 Å². The number of rotatable bonds is 6. The number of anilines is 3. The second-order valence-corrected chi connectivity index (χ2v) is 5.73. The lowest BCUT2D eigenvalue weighted by Crippen LogP contribution is -2.14. The van der Waals surface area contributed by atoms with Crippen molar-refractivity contribution in [2.24, 2.45) is 0 Å². The second-order valence-electron chi connectivity index (χ2n) is 5.73. The Labute approximate surface area is 156 Å². The van der Waals surface area contributed by atoms with Crippen molar-refractivity contribution in [1.82, 2.24) is 9.97 Å². The van der Waals surface area contributed by atoms with Gasteiger partial charge in [0.25, 0.3) is 5.91 Å². The first-order valence-corrected chi connectivity index (χ1v) is 8.20. The van der Waals surface area contributed by atoms with Gasteiger partial charge in [0.15, 0.2) is 5.78 Å². The van der Waals surface area contributed by atoms with Crippen molar-refractivity contribution in [3.63, 3.8) is 0 Å². The van der Waals surface area contributed by atoms with Gasteiger partial charge in [0, 0.05) is 16.9 Å². The number of aromatic nitrogens is 2. The predicted octanol–water partition coefficient (Wildman–Crippen LogP) is 3.68. The zero-order valence-corrected chi connectivity index (χ0v) is 14.9. The number of Topliss-reactive ketones (excluding diaryl/α,β-unsaturated/α-hetero) is 1. The number of nitrogens with zero attached hydrogens (tertiary/aromatic N) is 2. The highest BCUT2D eigenvalue weighted by Gasteiger charge is 2.10. The predicted molar refractivity (Wildman–Crippen MR) is 103 cm³/mol. The van der Waals surface area contributed by atoms with Crippen molar-refractivity contribution < 1.29 is 14.3 Å². The Hall–Kier alpha value is -3.74. The van der Waals surface area contributed by atoms with Gasteiger partial charge in [0.05, 0.1) is 19.5 Å². The molecule has 1 aromatic heterocycles. The molecular weight excluding hydrogens is 344 g/mol. The fourth-order valence-corrected chi connectivity index (χ4v) is 2.34. The molecule has 0 radical (unpaired) electrons. The summed E-state index contributed by atoms with van der Waals surface area (Å²) in [5.41, 5.74) is 2.04. The lowest BCUT2D eigenvalue weighted by Gasteiger charge is -2.08. The number of hydrogen-bond acceptors (Lipinski definition) is 6. The van der Waals surface area contributed by atoms with E-state index >= 15 is 0 Å². The highest BCUT2D eigenvalue weighted by atomic mass is 16.5. The first-order valence-electron chi connectivity index (χ1n) is 8.20. The third kappa shape index (κ3) is 4.66. The van der Waals surface area contributed by atoms with Crippen molar-refractivity contribution in [3.8, 4) is 5.75 Å². The summed E-state index contributed by atoms with van der Waals surface area (Å²) in [7, 11) is 1.61. The van der Waals surface area contributed by atoms with Crippen LogP contribution < -0.4 is 15.4 Å². The van der Waals surface area contributed by atoms with E-state index in [4.69, 9.17) is 4.74 Å². The molecule has 0 unspecified atom stereocenters. The summed E-state index contributed by atoms with van der Waals surface area (Å²) >= 11 is 0. The zero-order valence-electron chi connectivity index (χ0n) is 14.9. The molecule has 2 N–H and O–H groups in total. The maximum Gasteiger partial charge on any atom is 0.275 e. The summed E-state index contributed by atoms with van der Waals surface area (Å²) in [4.78, 5) is 32.1. The quantitative estimate of drug-likeness (QED) is 0.650. The van der Waals surface area contributed by atoms with E-state index in [0.29, 0.717) is 17.1 Å². The van der Waals surface area contributed by atoms with E-state index in [1.165, 1.54) is 19.3 Å². The van der Waals surface area contributed by atoms with Crippen LogP contribution in [0, 0.1) is 0 Å². The van der Waals surface area contributed by atoms with Crippen LogP contribution in [-0.2, 0) is 0 Å². The van der Waals surface area contributed by atoms with E-state index in [1.807, 2.05) is 24.3 Å². The highest BCUT2D eigenvalue weighted by Crippen LogP contribution is 2.18. The Morgan fingerprint density at radius 1 is 0.963 bits per heavy atom. The summed E-state index contributed by atoms with van der Waals surface area (Å²) in [5, 5.41) is 5.80.